The molecule has 1 unspecified atom stereocenters. The highest BCUT2D eigenvalue weighted by Gasteiger charge is 2.46. The molecule has 10 heteroatoms. The van der Waals surface area contributed by atoms with Crippen LogP contribution in [0.3, 0.4) is 0 Å². The van der Waals surface area contributed by atoms with Crippen molar-refractivity contribution >= 4 is 29.1 Å². The Kier molecular flexibility index (Phi) is 7.38. The van der Waals surface area contributed by atoms with E-state index in [2.05, 4.69) is 4.99 Å². The van der Waals surface area contributed by atoms with E-state index < -0.39 is 35.9 Å². The van der Waals surface area contributed by atoms with E-state index in [0.717, 1.165) is 11.8 Å². The molecule has 0 bridgehead atoms. The molecule has 0 amide bonds. The van der Waals surface area contributed by atoms with Crippen molar-refractivity contribution in [2.45, 2.75) is 46.1 Å². The molecule has 2 heterocycles. The second kappa shape index (κ2) is 9.76. The molecular weight excluding hydrogens is 476 g/mol. The van der Waals surface area contributed by atoms with Crippen LogP contribution in [0.1, 0.15) is 43.6 Å². The molecule has 0 aliphatic carbocycles. The predicted molar refractivity (Wildman–Crippen MR) is 122 cm³/mol. The van der Waals surface area contributed by atoms with Gasteiger partial charge < -0.3 is 9.84 Å². The number of amidine groups is 1. The van der Waals surface area contributed by atoms with E-state index in [9.17, 15) is 17.6 Å². The first-order valence-corrected chi connectivity index (χ1v) is 10.7. The highest BCUT2D eigenvalue weighted by Crippen LogP contribution is 2.46. The van der Waals surface area contributed by atoms with Gasteiger partial charge in [0.05, 0.1) is 12.2 Å². The second-order valence-electron chi connectivity index (χ2n) is 7.97. The molecule has 1 N–H and O–H groups in total. The molecule has 2 aliphatic heterocycles. The van der Waals surface area contributed by atoms with Crippen LogP contribution >= 0.6 is 11.6 Å². The molecule has 0 saturated heterocycles. The summed E-state index contributed by atoms with van der Waals surface area (Å²) in [5.41, 5.74) is 0.917. The quantitative estimate of drug-likeness (QED) is 0.459. The predicted octanol–water partition coefficient (Wildman–Crippen LogP) is 6.44. The number of carbonyl (C=O) groups is 1. The van der Waals surface area contributed by atoms with Gasteiger partial charge >= 0.3 is 6.18 Å². The zero-order chi connectivity index (χ0) is 25.4. The van der Waals surface area contributed by atoms with E-state index in [0.29, 0.717) is 21.7 Å². The maximum atomic E-state index is 14.3. The molecule has 0 aromatic heterocycles. The minimum Gasteiger partial charge on any atom is -0.481 e. The van der Waals surface area contributed by atoms with E-state index in [1.807, 2.05) is 0 Å². The maximum absolute atomic E-state index is 14.3. The number of nitrogens with zero attached hydrogens (tertiary/aromatic N) is 2. The summed E-state index contributed by atoms with van der Waals surface area (Å²) in [4.78, 5) is 14.5. The molecule has 0 spiro atoms. The van der Waals surface area contributed by atoms with Gasteiger partial charge in [0.1, 0.15) is 29.6 Å². The van der Waals surface area contributed by atoms with Gasteiger partial charge in [0.25, 0.3) is 5.97 Å². The molecular formula is C24H23ClF4N2O3. The molecule has 2 atom stereocenters. The standard InChI is InChI=1S/C22H19ClF4N2O.C2H4O2/c1-11-10-28-21-13(3)30-19(15-5-4-6-17(24)12(15)2)16-9-14(23)7-8-18(16)29(21)20(11)22(25,26)27;1-2(3)4/h4-9,13,19H,10H2,1-3H3;1H3,(H,3,4)/t13?,19-;/m1./s1. The fourth-order valence-electron chi connectivity index (χ4n) is 4.00. The van der Waals surface area contributed by atoms with Crippen molar-refractivity contribution in [1.29, 1.82) is 0 Å². The van der Waals surface area contributed by atoms with E-state index in [-0.39, 0.29) is 23.6 Å². The van der Waals surface area contributed by atoms with Crippen molar-refractivity contribution in [3.63, 3.8) is 0 Å². The number of carboxylic acids is 1. The Labute approximate surface area is 199 Å². The lowest BCUT2D eigenvalue weighted by molar-refractivity contribution is -0.134. The third-order valence-corrected chi connectivity index (χ3v) is 5.65. The summed E-state index contributed by atoms with van der Waals surface area (Å²) < 4.78 is 62.7. The molecule has 2 aromatic rings. The molecule has 5 nitrogen and oxygen atoms in total. The van der Waals surface area contributed by atoms with Gasteiger partial charge in [-0.25, -0.2) is 4.39 Å². The Morgan fingerprint density at radius 1 is 1.21 bits per heavy atom. The van der Waals surface area contributed by atoms with Crippen molar-refractivity contribution in [2.75, 3.05) is 11.4 Å². The van der Waals surface area contributed by atoms with Gasteiger partial charge in [0.2, 0.25) is 0 Å². The second-order valence-corrected chi connectivity index (χ2v) is 8.41. The minimum absolute atomic E-state index is 0.0685. The van der Waals surface area contributed by atoms with E-state index in [1.165, 1.54) is 25.1 Å². The van der Waals surface area contributed by atoms with Crippen molar-refractivity contribution < 1.29 is 32.2 Å². The number of carboxylic acid groups (broad SMARTS) is 1. The average molecular weight is 499 g/mol. The van der Waals surface area contributed by atoms with Crippen LogP contribution in [-0.4, -0.2) is 35.7 Å². The molecule has 4 rings (SSSR count). The highest BCUT2D eigenvalue weighted by atomic mass is 35.5. The lowest BCUT2D eigenvalue weighted by atomic mass is 9.95. The number of fused-ring (bicyclic) bond motifs is 3. The molecule has 182 valence electrons. The number of alkyl halides is 3. The highest BCUT2D eigenvalue weighted by molar-refractivity contribution is 6.30. The van der Waals surface area contributed by atoms with Crippen molar-refractivity contribution in [1.82, 2.24) is 0 Å². The Morgan fingerprint density at radius 2 is 1.85 bits per heavy atom. The number of ether oxygens (including phenoxy) is 1. The van der Waals surface area contributed by atoms with Gasteiger partial charge in [-0.15, -0.1) is 0 Å². The van der Waals surface area contributed by atoms with Gasteiger partial charge in [0.15, 0.2) is 0 Å². The first kappa shape index (κ1) is 25.7. The number of rotatable bonds is 1. The van der Waals surface area contributed by atoms with Crippen LogP contribution in [0.5, 0.6) is 0 Å². The van der Waals surface area contributed by atoms with E-state index in [4.69, 9.17) is 26.2 Å². The largest absolute Gasteiger partial charge is 0.481 e. The van der Waals surface area contributed by atoms with E-state index in [1.54, 1.807) is 32.0 Å². The third-order valence-electron chi connectivity index (χ3n) is 5.41. The number of anilines is 1. The summed E-state index contributed by atoms with van der Waals surface area (Å²) in [5, 5.41) is 7.76. The van der Waals surface area contributed by atoms with Crippen molar-refractivity contribution in [3.8, 4) is 0 Å². The van der Waals surface area contributed by atoms with Gasteiger partial charge in [-0.1, -0.05) is 23.7 Å². The lowest BCUT2D eigenvalue weighted by Gasteiger charge is -2.35. The zero-order valence-electron chi connectivity index (χ0n) is 18.9. The van der Waals surface area contributed by atoms with Gasteiger partial charge in [-0.3, -0.25) is 14.7 Å². The minimum atomic E-state index is -4.59. The van der Waals surface area contributed by atoms with Crippen LogP contribution in [0.4, 0.5) is 23.2 Å². The van der Waals surface area contributed by atoms with Gasteiger partial charge in [-0.2, -0.15) is 13.2 Å². The Morgan fingerprint density at radius 3 is 2.47 bits per heavy atom. The summed E-state index contributed by atoms with van der Waals surface area (Å²) >= 11 is 6.21. The fraction of sp³-hybridized carbons (Fsp3) is 0.333. The number of hydrogen-bond donors (Lipinski definition) is 1. The molecule has 34 heavy (non-hydrogen) atoms. The summed E-state index contributed by atoms with van der Waals surface area (Å²) in [6.45, 7) is 5.70. The summed E-state index contributed by atoms with van der Waals surface area (Å²) in [5.74, 6) is -1.09. The van der Waals surface area contributed by atoms with Crippen LogP contribution in [0.15, 0.2) is 52.7 Å². The van der Waals surface area contributed by atoms with Gasteiger partial charge in [-0.05, 0) is 61.7 Å². The van der Waals surface area contributed by atoms with Crippen LogP contribution in [0.25, 0.3) is 0 Å². The Balaban J connectivity index is 0.000000751. The van der Waals surface area contributed by atoms with Gasteiger partial charge in [0, 0.05) is 17.5 Å². The first-order valence-electron chi connectivity index (χ1n) is 10.3. The van der Waals surface area contributed by atoms with Crippen LogP contribution in [-0.2, 0) is 9.53 Å². The smallest absolute Gasteiger partial charge is 0.431 e. The number of aliphatic imine (C=N–C) groups is 1. The summed E-state index contributed by atoms with van der Waals surface area (Å²) in [6, 6.07) is 9.22. The number of halogens is 5. The van der Waals surface area contributed by atoms with Crippen molar-refractivity contribution in [2.24, 2.45) is 4.99 Å². The SMILES string of the molecule is CC(=O)O.CC1=C(C(F)(F)F)N2C(=NC1)C(C)O[C@H](c1cccc(F)c1C)c1cc(Cl)ccc12. The monoisotopic (exact) mass is 498 g/mol. The topological polar surface area (TPSA) is 62.1 Å². The molecule has 0 saturated carbocycles. The Bertz CT molecular complexity index is 1170. The van der Waals surface area contributed by atoms with Crippen LogP contribution < -0.4 is 4.90 Å². The molecule has 2 aliphatic rings. The Hall–Kier alpha value is -2.91. The third kappa shape index (κ3) is 5.10. The molecule has 0 fully saturated rings. The molecule has 2 aromatic carbocycles. The maximum Gasteiger partial charge on any atom is 0.431 e. The van der Waals surface area contributed by atoms with Crippen LogP contribution in [0, 0.1) is 12.7 Å². The molecule has 0 radical (unpaired) electrons. The summed E-state index contributed by atoms with van der Waals surface area (Å²) in [7, 11) is 0. The number of aliphatic carboxylic acids is 1. The fourth-order valence-corrected chi connectivity index (χ4v) is 4.18. The zero-order valence-corrected chi connectivity index (χ0v) is 19.6. The normalized spacial score (nSPS) is 19.9. The lowest BCUT2D eigenvalue weighted by Crippen LogP contribution is -2.45. The van der Waals surface area contributed by atoms with Crippen LogP contribution in [0.2, 0.25) is 5.02 Å². The van der Waals surface area contributed by atoms with Crippen molar-refractivity contribution in [3.05, 3.63) is 75.2 Å². The summed E-state index contributed by atoms with van der Waals surface area (Å²) in [6.07, 6.45) is -6.17. The number of hydrogen-bond acceptors (Lipinski definition) is 4. The average Bonchev–Trinajstić information content (AvgIpc) is 2.83. The first-order chi connectivity index (χ1) is 15.8. The van der Waals surface area contributed by atoms with E-state index >= 15 is 0 Å². The number of benzene rings is 2. The number of allylic oxidation sites excluding steroid dienone is 1.